The molecule has 4 aromatic rings. The van der Waals surface area contributed by atoms with Crippen LogP contribution in [0.2, 0.25) is 5.02 Å². The molecule has 1 aliphatic rings. The first kappa shape index (κ1) is 19.5. The molecular formula is C23H21ClN4OS. The van der Waals surface area contributed by atoms with Gasteiger partial charge in [0.1, 0.15) is 10.5 Å². The van der Waals surface area contributed by atoms with Crippen molar-refractivity contribution in [1.82, 2.24) is 14.9 Å². The van der Waals surface area contributed by atoms with Crippen LogP contribution >= 0.6 is 22.9 Å². The molecule has 0 aliphatic carbocycles. The summed E-state index contributed by atoms with van der Waals surface area (Å²) in [6.07, 6.45) is 2.40. The molecule has 0 radical (unpaired) electrons. The first-order valence-corrected chi connectivity index (χ1v) is 11.1. The van der Waals surface area contributed by atoms with Gasteiger partial charge in [-0.3, -0.25) is 4.90 Å². The lowest BCUT2D eigenvalue weighted by Crippen LogP contribution is -2.21. The summed E-state index contributed by atoms with van der Waals surface area (Å²) >= 11 is 8.41. The van der Waals surface area contributed by atoms with Crippen LogP contribution in [0.1, 0.15) is 11.4 Å². The molecule has 0 unspecified atom stereocenters. The number of aliphatic hydroxyl groups is 1. The summed E-state index contributed by atoms with van der Waals surface area (Å²) in [5.74, 6) is 0.698. The van der Waals surface area contributed by atoms with Gasteiger partial charge in [0.05, 0.1) is 28.1 Å². The first-order valence-electron chi connectivity index (χ1n) is 9.93. The van der Waals surface area contributed by atoms with Crippen molar-refractivity contribution in [2.75, 3.05) is 18.4 Å². The van der Waals surface area contributed by atoms with Gasteiger partial charge in [0, 0.05) is 24.8 Å². The summed E-state index contributed by atoms with van der Waals surface area (Å²) in [5.41, 5.74) is 3.69. The van der Waals surface area contributed by atoms with E-state index in [1.165, 1.54) is 0 Å². The number of thiazole rings is 1. The second-order valence-electron chi connectivity index (χ2n) is 7.45. The van der Waals surface area contributed by atoms with Crippen LogP contribution in [0.5, 0.6) is 0 Å². The van der Waals surface area contributed by atoms with E-state index in [0.717, 1.165) is 51.5 Å². The van der Waals surface area contributed by atoms with Crippen LogP contribution in [0.4, 0.5) is 11.5 Å². The molecule has 0 bridgehead atoms. The molecule has 3 heterocycles. The van der Waals surface area contributed by atoms with E-state index in [1.807, 2.05) is 54.6 Å². The number of likely N-dealkylation sites (tertiary alicyclic amines) is 1. The van der Waals surface area contributed by atoms with E-state index in [9.17, 15) is 5.11 Å². The number of nitrogens with zero attached hydrogens (tertiary/aromatic N) is 3. The van der Waals surface area contributed by atoms with Crippen molar-refractivity contribution in [2.24, 2.45) is 0 Å². The highest BCUT2D eigenvalue weighted by atomic mass is 35.5. The van der Waals surface area contributed by atoms with Crippen LogP contribution in [-0.2, 0) is 6.54 Å². The predicted molar refractivity (Wildman–Crippen MR) is 123 cm³/mol. The van der Waals surface area contributed by atoms with E-state index >= 15 is 0 Å². The maximum atomic E-state index is 9.77. The third-order valence-electron chi connectivity index (χ3n) is 5.29. The second-order valence-corrected chi connectivity index (χ2v) is 8.94. The van der Waals surface area contributed by atoms with E-state index in [1.54, 1.807) is 17.5 Å². The van der Waals surface area contributed by atoms with E-state index in [0.29, 0.717) is 17.4 Å². The van der Waals surface area contributed by atoms with Gasteiger partial charge in [-0.25, -0.2) is 9.97 Å². The van der Waals surface area contributed by atoms with Gasteiger partial charge in [0.2, 0.25) is 0 Å². The highest BCUT2D eigenvalue weighted by molar-refractivity contribution is 7.18. The Morgan fingerprint density at radius 3 is 2.80 bits per heavy atom. The van der Waals surface area contributed by atoms with Gasteiger partial charge in [-0.15, -0.1) is 11.3 Å². The highest BCUT2D eigenvalue weighted by Crippen LogP contribution is 2.36. The number of halogens is 1. The van der Waals surface area contributed by atoms with Crippen molar-refractivity contribution >= 4 is 44.7 Å². The maximum absolute atomic E-state index is 9.77. The molecule has 1 fully saturated rings. The van der Waals surface area contributed by atoms with Crippen molar-refractivity contribution in [3.63, 3.8) is 0 Å². The third-order valence-corrected chi connectivity index (χ3v) is 6.71. The van der Waals surface area contributed by atoms with Gasteiger partial charge in [0.15, 0.2) is 5.82 Å². The molecule has 0 amide bonds. The highest BCUT2D eigenvalue weighted by Gasteiger charge is 2.21. The summed E-state index contributed by atoms with van der Waals surface area (Å²) in [4.78, 5) is 11.6. The quantitative estimate of drug-likeness (QED) is 0.443. The number of β-amino-alcohol motifs (C(OH)–C–C–N with tert-alkyl or cyclic N) is 1. The Balaban J connectivity index is 1.44. The fourth-order valence-corrected chi connectivity index (χ4v) is 5.09. The molecule has 0 saturated carbocycles. The number of hydrogen-bond acceptors (Lipinski definition) is 6. The number of aromatic nitrogens is 2. The Morgan fingerprint density at radius 2 is 2.00 bits per heavy atom. The molecule has 2 aromatic heterocycles. The molecule has 1 atom stereocenters. The summed E-state index contributed by atoms with van der Waals surface area (Å²) in [7, 11) is 0. The monoisotopic (exact) mass is 436 g/mol. The Kier molecular flexibility index (Phi) is 5.39. The largest absolute Gasteiger partial charge is 0.392 e. The Hall–Kier alpha value is -2.51. The Labute approximate surface area is 184 Å². The van der Waals surface area contributed by atoms with E-state index in [2.05, 4.69) is 15.2 Å². The van der Waals surface area contributed by atoms with Gasteiger partial charge >= 0.3 is 0 Å². The van der Waals surface area contributed by atoms with Crippen molar-refractivity contribution in [3.8, 4) is 11.1 Å². The number of fused-ring (bicyclic) bond motifs is 1. The molecular weight excluding hydrogens is 416 g/mol. The molecule has 152 valence electrons. The fourth-order valence-electron chi connectivity index (χ4n) is 3.80. The Morgan fingerprint density at radius 1 is 1.13 bits per heavy atom. The standard InChI is InChI=1S/C23H21ClN4OS/c24-21-17(15-5-2-1-3-6-15)7-4-8-18(21)26-23-22-19(9-11-25-23)30-20(27-22)14-28-12-10-16(29)13-28/h1-9,11,16,29H,10,12-14H2,(H,25,26)/t16-/m0/s1. The molecule has 5 rings (SSSR count). The molecule has 1 aliphatic heterocycles. The number of pyridine rings is 1. The molecule has 2 N–H and O–H groups in total. The van der Waals surface area contributed by atoms with Crippen molar-refractivity contribution < 1.29 is 5.11 Å². The van der Waals surface area contributed by atoms with Gasteiger partial charge < -0.3 is 10.4 Å². The third kappa shape index (κ3) is 3.91. The normalized spacial score (nSPS) is 16.9. The van der Waals surface area contributed by atoms with Crippen LogP contribution in [0.3, 0.4) is 0 Å². The average molecular weight is 437 g/mol. The lowest BCUT2D eigenvalue weighted by molar-refractivity contribution is 0.175. The van der Waals surface area contributed by atoms with Crippen molar-refractivity contribution in [3.05, 3.63) is 70.8 Å². The Bertz CT molecular complexity index is 1180. The number of hydrogen-bond donors (Lipinski definition) is 2. The predicted octanol–water partition coefficient (Wildman–Crippen LogP) is 5.32. The van der Waals surface area contributed by atoms with Gasteiger partial charge in [-0.05, 0) is 24.1 Å². The minimum absolute atomic E-state index is 0.225. The van der Waals surface area contributed by atoms with Gasteiger partial charge in [-0.2, -0.15) is 0 Å². The lowest BCUT2D eigenvalue weighted by Gasteiger charge is -2.12. The minimum Gasteiger partial charge on any atom is -0.392 e. The number of rotatable bonds is 5. The van der Waals surface area contributed by atoms with Crippen molar-refractivity contribution in [2.45, 2.75) is 19.1 Å². The van der Waals surface area contributed by atoms with Crippen molar-refractivity contribution in [1.29, 1.82) is 0 Å². The fraction of sp³-hybridized carbons (Fsp3) is 0.217. The first-order chi connectivity index (χ1) is 14.7. The zero-order valence-corrected chi connectivity index (χ0v) is 17.8. The molecule has 1 saturated heterocycles. The van der Waals surface area contributed by atoms with Crippen LogP contribution in [0, 0.1) is 0 Å². The molecule has 2 aromatic carbocycles. The molecule has 30 heavy (non-hydrogen) atoms. The average Bonchev–Trinajstić information content (AvgIpc) is 3.36. The van der Waals surface area contributed by atoms with E-state index < -0.39 is 0 Å². The van der Waals surface area contributed by atoms with Gasteiger partial charge in [0.25, 0.3) is 0 Å². The number of aliphatic hydroxyl groups excluding tert-OH is 1. The summed E-state index contributed by atoms with van der Waals surface area (Å²) in [5, 5.41) is 14.8. The smallest absolute Gasteiger partial charge is 0.157 e. The van der Waals surface area contributed by atoms with E-state index in [-0.39, 0.29) is 6.10 Å². The lowest BCUT2D eigenvalue weighted by atomic mass is 10.1. The van der Waals surface area contributed by atoms with Crippen LogP contribution in [0.15, 0.2) is 60.8 Å². The minimum atomic E-state index is -0.225. The molecule has 5 nitrogen and oxygen atoms in total. The van der Waals surface area contributed by atoms with Crippen LogP contribution < -0.4 is 5.32 Å². The summed E-state index contributed by atoms with van der Waals surface area (Å²) < 4.78 is 1.08. The van der Waals surface area contributed by atoms with Gasteiger partial charge in [-0.1, -0.05) is 54.1 Å². The number of benzene rings is 2. The van der Waals surface area contributed by atoms with Crippen LogP contribution in [-0.4, -0.2) is 39.2 Å². The van der Waals surface area contributed by atoms with E-state index in [4.69, 9.17) is 16.6 Å². The SMILES string of the molecule is O[C@H]1CCN(Cc2nc3c(Nc4cccc(-c5ccccc5)c4Cl)nccc3s2)C1. The number of anilines is 2. The van der Waals surface area contributed by atoms with Crippen LogP contribution in [0.25, 0.3) is 21.3 Å². The topological polar surface area (TPSA) is 61.3 Å². The second kappa shape index (κ2) is 8.32. The molecule has 0 spiro atoms. The summed E-state index contributed by atoms with van der Waals surface area (Å²) in [6.45, 7) is 2.36. The summed E-state index contributed by atoms with van der Waals surface area (Å²) in [6, 6.07) is 18.0. The zero-order valence-electron chi connectivity index (χ0n) is 16.3. The maximum Gasteiger partial charge on any atom is 0.157 e. The zero-order chi connectivity index (χ0) is 20.5. The number of nitrogens with one attached hydrogen (secondary N) is 1. The molecule has 7 heteroatoms.